The number of carbonyl (C=O) groups is 5. The van der Waals surface area contributed by atoms with Crippen LogP contribution in [0.3, 0.4) is 0 Å². The summed E-state index contributed by atoms with van der Waals surface area (Å²) in [5.41, 5.74) is 9.01. The number of rotatable bonds is 7. The van der Waals surface area contributed by atoms with Crippen LogP contribution in [0.5, 0.6) is 0 Å². The minimum absolute atomic E-state index is 0.0864. The van der Waals surface area contributed by atoms with Crippen molar-refractivity contribution in [1.29, 1.82) is 0 Å². The number of benzene rings is 5. The van der Waals surface area contributed by atoms with Gasteiger partial charge in [-0.3, -0.25) is 24.0 Å². The van der Waals surface area contributed by atoms with E-state index in [0.29, 0.717) is 16.5 Å². The Morgan fingerprint density at radius 2 is 0.712 bits per heavy atom. The first-order chi connectivity index (χ1) is 52.7. The summed E-state index contributed by atoms with van der Waals surface area (Å²) in [5, 5.41) is 9.12. The fourth-order valence-electron chi connectivity index (χ4n) is 16.4. The van der Waals surface area contributed by atoms with Gasteiger partial charge < -0.3 is 29.3 Å². The second kappa shape index (κ2) is 34.1. The number of hydrogen-bond donors (Lipinski definition) is 1. The molecular weight excluding hydrogens is 1790 g/mol. The standard InChI is InChI=1S/C20H22ClNO2S.C19H20ClNO2S.C16H14BrClOS.C15H12BrClOS.C13H8BrClOS.C4H9NO/c1-19(2)18(23)17-15(12-16(25-17)22-8-10-24-11-9-22)20(19,3)13-4-6-14(21)7-5-13;1-19(2)16(12-3-5-13(20)6-4-12)14-11-15(24-17(14)18(19)22)21-7-9-23-10-8-21;1-15(2)14(19)13-11(8-12(17)20-13)16(15,3)9-4-6-10(18)7-5-9;1-15(2)12(8-3-5-9(17)6-4-8)10-7-11(16)19-13(10)14(15)18;14-12-6-10-9(5-11(16)13(10)17-12)7-1-3-8(15)4-2-7;1-3-6-4-2-5-1/h4-7,12H,8-11H2,1-3H3;3-6,11,16H,7-10H2,1-2H3;4-8H,1-3H3;3-7,12H,1-2H3;1-4,6,9H,5H2;5H,1-4H2. The normalized spacial score (nSPS) is 22.6. The fourth-order valence-corrected chi connectivity index (χ4v) is 25.0. The Bertz CT molecular complexity index is 5100. The van der Waals surface area contributed by atoms with Gasteiger partial charge in [0.1, 0.15) is 0 Å². The van der Waals surface area contributed by atoms with Crippen LogP contribution in [-0.2, 0) is 25.0 Å². The molecule has 10 aromatic rings. The summed E-state index contributed by atoms with van der Waals surface area (Å²) in [4.78, 5) is 72.5. The molecule has 3 aliphatic heterocycles. The van der Waals surface area contributed by atoms with Crippen molar-refractivity contribution in [3.8, 4) is 0 Å². The van der Waals surface area contributed by atoms with E-state index in [9.17, 15) is 24.0 Å². The van der Waals surface area contributed by atoms with Crippen LogP contribution < -0.4 is 15.1 Å². The van der Waals surface area contributed by atoms with Crippen LogP contribution in [0.15, 0.2) is 163 Å². The SMILES string of the molecule is C1COCCN1.CC1(C)C(=O)c2sc(Br)cc2C1(C)c1ccc(Cl)cc1.CC1(C)C(=O)c2sc(Br)cc2C1c1ccc(Cl)cc1.CC1(C)C(=O)c2sc(N3CCOCC3)cc2C1(C)c1ccc(Cl)cc1.CC1(C)C(=O)c2sc(N3CCOCC3)cc2C1c1ccc(Cl)cc1.O=C1CC(c2ccc(Cl)cc2)c2cc(Br)sc21. The van der Waals surface area contributed by atoms with Crippen molar-refractivity contribution in [2.75, 3.05) is 88.7 Å². The van der Waals surface area contributed by atoms with Crippen molar-refractivity contribution >= 4 is 201 Å². The molecule has 24 heteroatoms. The third kappa shape index (κ3) is 16.5. The Morgan fingerprint density at radius 3 is 1.14 bits per heavy atom. The average molecular weight is 1880 g/mol. The second-order valence-corrected chi connectivity index (χ2v) is 42.7. The molecule has 8 heterocycles. The van der Waals surface area contributed by atoms with Crippen molar-refractivity contribution in [1.82, 2.24) is 5.32 Å². The van der Waals surface area contributed by atoms with Gasteiger partial charge in [-0.1, -0.05) is 188 Å². The predicted octanol–water partition coefficient (Wildman–Crippen LogP) is 25.1. The van der Waals surface area contributed by atoms with E-state index in [2.05, 4.69) is 147 Å². The first-order valence-electron chi connectivity index (χ1n) is 36.8. The quantitative estimate of drug-likeness (QED) is 0.164. The first-order valence-corrected chi connectivity index (χ1v) is 45.1. The molecule has 18 rings (SSSR count). The third-order valence-corrected chi connectivity index (χ3v) is 32.1. The van der Waals surface area contributed by atoms with E-state index in [1.807, 2.05) is 137 Å². The van der Waals surface area contributed by atoms with Gasteiger partial charge in [0.15, 0.2) is 28.9 Å². The zero-order valence-corrected chi connectivity index (χ0v) is 75.7. The molecule has 582 valence electrons. The number of ether oxygens (including phenoxy) is 3. The predicted molar refractivity (Wildman–Crippen MR) is 472 cm³/mol. The van der Waals surface area contributed by atoms with Gasteiger partial charge in [0.25, 0.3) is 0 Å². The van der Waals surface area contributed by atoms with Crippen LogP contribution in [0.25, 0.3) is 0 Å². The molecule has 0 saturated carbocycles. The molecule has 1 N–H and O–H groups in total. The maximum Gasteiger partial charge on any atom is 0.179 e. The van der Waals surface area contributed by atoms with Gasteiger partial charge in [-0.25, -0.2) is 0 Å². The monoisotopic (exact) mass is 1870 g/mol. The number of morpholine rings is 3. The Morgan fingerprint density at radius 1 is 0.378 bits per heavy atom. The molecule has 5 aliphatic carbocycles. The van der Waals surface area contributed by atoms with E-state index in [-0.39, 0.29) is 57.5 Å². The van der Waals surface area contributed by atoms with Crippen molar-refractivity contribution in [3.05, 3.63) is 268 Å². The molecule has 5 aromatic heterocycles. The highest BCUT2D eigenvalue weighted by molar-refractivity contribution is 9.11. The number of ketones is 5. The maximum absolute atomic E-state index is 13.2. The molecule has 5 atom stereocenters. The minimum atomic E-state index is -0.481. The zero-order chi connectivity index (χ0) is 79.4. The number of Topliss-reactive ketones (excluding diaryl/α,β-unsaturated/α-hetero) is 5. The van der Waals surface area contributed by atoms with Crippen LogP contribution in [0.2, 0.25) is 25.1 Å². The highest BCUT2D eigenvalue weighted by atomic mass is 79.9. The Balaban J connectivity index is 0.000000120. The molecule has 11 nitrogen and oxygen atoms in total. The van der Waals surface area contributed by atoms with E-state index >= 15 is 0 Å². The number of nitrogens with zero attached hydrogens (tertiary/aromatic N) is 2. The van der Waals surface area contributed by atoms with Crippen LogP contribution in [0.1, 0.15) is 197 Å². The van der Waals surface area contributed by atoms with Crippen LogP contribution in [-0.4, -0.2) is 108 Å². The van der Waals surface area contributed by atoms with E-state index < -0.39 is 21.7 Å². The van der Waals surface area contributed by atoms with Crippen LogP contribution >= 0.6 is 162 Å². The molecule has 3 fully saturated rings. The summed E-state index contributed by atoms with van der Waals surface area (Å²) in [6.07, 6.45) is 0.579. The molecule has 3 saturated heterocycles. The van der Waals surface area contributed by atoms with Gasteiger partial charge in [0.05, 0.1) is 85.4 Å². The highest BCUT2D eigenvalue weighted by Gasteiger charge is 2.59. The van der Waals surface area contributed by atoms with Crippen molar-refractivity contribution < 1.29 is 38.2 Å². The van der Waals surface area contributed by atoms with Gasteiger partial charge in [0.2, 0.25) is 0 Å². The maximum atomic E-state index is 13.2. The summed E-state index contributed by atoms with van der Waals surface area (Å²) < 4.78 is 18.9. The van der Waals surface area contributed by atoms with E-state index in [1.165, 1.54) is 49.6 Å². The Labute approximate surface area is 720 Å². The summed E-state index contributed by atoms with van der Waals surface area (Å²) in [7, 11) is 0. The zero-order valence-electron chi connectivity index (χ0n) is 63.1. The molecule has 111 heavy (non-hydrogen) atoms. The van der Waals surface area contributed by atoms with Crippen molar-refractivity contribution in [3.63, 3.8) is 0 Å². The smallest absolute Gasteiger partial charge is 0.179 e. The number of halogens is 8. The van der Waals surface area contributed by atoms with Crippen molar-refractivity contribution in [2.45, 2.75) is 104 Å². The number of nitrogens with one attached hydrogen (secondary N) is 1. The first kappa shape index (κ1) is 84.2. The Kier molecular flexibility index (Phi) is 25.9. The molecule has 0 bridgehead atoms. The largest absolute Gasteiger partial charge is 0.379 e. The lowest BCUT2D eigenvalue weighted by Crippen LogP contribution is -2.40. The highest BCUT2D eigenvalue weighted by Crippen LogP contribution is 2.61. The van der Waals surface area contributed by atoms with Gasteiger partial charge in [-0.05, 0) is 194 Å². The lowest BCUT2D eigenvalue weighted by molar-refractivity contribution is 0.0791. The number of thiophene rings is 5. The summed E-state index contributed by atoms with van der Waals surface area (Å²) >= 11 is 48.2. The number of hydrogen-bond acceptors (Lipinski definition) is 16. The minimum Gasteiger partial charge on any atom is -0.379 e. The summed E-state index contributed by atoms with van der Waals surface area (Å²) in [5.74, 6) is 1.58. The van der Waals surface area contributed by atoms with Crippen LogP contribution in [0.4, 0.5) is 10.0 Å². The summed E-state index contributed by atoms with van der Waals surface area (Å²) in [6, 6.07) is 49.9. The third-order valence-electron chi connectivity index (χ3n) is 23.4. The topological polar surface area (TPSA) is 132 Å². The molecular formula is C87H85Br3Cl5N3O8S5. The fraction of sp³-hybridized carbons (Fsp3) is 0.368. The molecule has 0 radical (unpaired) electrons. The average Bonchev–Trinajstić information content (AvgIpc) is 1.55. The molecule has 5 aromatic carbocycles. The van der Waals surface area contributed by atoms with E-state index in [0.717, 1.165) is 180 Å². The number of fused-ring (bicyclic) bond motifs is 5. The Hall–Kier alpha value is -4.72. The van der Waals surface area contributed by atoms with Gasteiger partial charge in [-0.15, -0.1) is 56.7 Å². The molecule has 5 unspecified atom stereocenters. The van der Waals surface area contributed by atoms with E-state index in [1.54, 1.807) is 22.7 Å². The van der Waals surface area contributed by atoms with Crippen molar-refractivity contribution in [2.24, 2.45) is 21.7 Å². The molecule has 0 amide bonds. The molecule has 0 spiro atoms. The lowest BCUT2D eigenvalue weighted by Gasteiger charge is -2.38. The van der Waals surface area contributed by atoms with Gasteiger partial charge in [-0.2, -0.15) is 0 Å². The number of carbonyl (C=O) groups excluding carboxylic acids is 5. The van der Waals surface area contributed by atoms with E-state index in [4.69, 9.17) is 72.2 Å². The second-order valence-electron chi connectivity index (χ2n) is 31.2. The van der Waals surface area contributed by atoms with Gasteiger partial charge in [0, 0.05) is 121 Å². The summed E-state index contributed by atoms with van der Waals surface area (Å²) in [6.45, 7) is 31.1. The molecule has 8 aliphatic rings. The lowest BCUT2D eigenvalue weighted by atomic mass is 9.63. The van der Waals surface area contributed by atoms with Gasteiger partial charge >= 0.3 is 0 Å². The number of anilines is 2. The van der Waals surface area contributed by atoms with Crippen LogP contribution in [0, 0.1) is 21.7 Å².